The van der Waals surface area contributed by atoms with Crippen molar-refractivity contribution in [2.75, 3.05) is 11.1 Å². The molecule has 0 saturated heterocycles. The fraction of sp³-hybridized carbons (Fsp3) is 0.111. The third-order valence-electron chi connectivity index (χ3n) is 3.73. The highest BCUT2D eigenvalue weighted by Gasteiger charge is 2.33. The number of anilines is 3. The van der Waals surface area contributed by atoms with Crippen molar-refractivity contribution in [2.24, 2.45) is 0 Å². The second-order valence-electron chi connectivity index (χ2n) is 5.77. The van der Waals surface area contributed by atoms with Crippen LogP contribution in [-0.4, -0.2) is 9.97 Å². The maximum atomic E-state index is 13.0. The molecule has 0 fully saturated rings. The van der Waals surface area contributed by atoms with E-state index in [0.717, 1.165) is 17.7 Å². The van der Waals surface area contributed by atoms with Crippen LogP contribution < -0.4 is 15.8 Å². The molecule has 5 nitrogen and oxygen atoms in total. The summed E-state index contributed by atoms with van der Waals surface area (Å²) in [6.45, 7) is 1.81. The highest BCUT2D eigenvalue weighted by atomic mass is 35.5. The first kappa shape index (κ1) is 20.0. The van der Waals surface area contributed by atoms with Crippen LogP contribution in [0.5, 0.6) is 11.6 Å². The molecule has 0 radical (unpaired) electrons. The minimum absolute atomic E-state index is 0.0265. The predicted molar refractivity (Wildman–Crippen MR) is 102 cm³/mol. The zero-order chi connectivity index (χ0) is 20.5. The van der Waals surface area contributed by atoms with E-state index in [2.05, 4.69) is 15.3 Å². The summed E-state index contributed by atoms with van der Waals surface area (Å²) in [5.41, 5.74) is 5.97. The Morgan fingerprint density at radius 2 is 1.75 bits per heavy atom. The highest BCUT2D eigenvalue weighted by Crippen LogP contribution is 2.38. The molecular weight excluding hydrogens is 416 g/mol. The predicted octanol–water partition coefficient (Wildman–Crippen LogP) is 6.23. The van der Waals surface area contributed by atoms with E-state index in [-0.39, 0.29) is 23.1 Å². The average molecular weight is 429 g/mol. The Hall–Kier alpha value is -2.71. The molecule has 1 aromatic heterocycles. The number of nitrogens with two attached hydrogens (primary N) is 1. The Morgan fingerprint density at radius 3 is 2.43 bits per heavy atom. The van der Waals surface area contributed by atoms with Crippen LogP contribution in [0, 0.1) is 6.92 Å². The minimum Gasteiger partial charge on any atom is -0.437 e. The minimum atomic E-state index is -4.59. The van der Waals surface area contributed by atoms with Crippen LogP contribution in [0.1, 0.15) is 11.1 Å². The van der Waals surface area contributed by atoms with Gasteiger partial charge in [-0.15, -0.1) is 0 Å². The Morgan fingerprint density at radius 1 is 1.04 bits per heavy atom. The Bertz CT molecular complexity index is 1030. The fourth-order valence-electron chi connectivity index (χ4n) is 2.31. The average Bonchev–Trinajstić information content (AvgIpc) is 2.62. The van der Waals surface area contributed by atoms with Gasteiger partial charge in [-0.3, -0.25) is 0 Å². The molecule has 3 rings (SSSR count). The Labute approximate surface area is 168 Å². The van der Waals surface area contributed by atoms with E-state index in [4.69, 9.17) is 33.7 Å². The van der Waals surface area contributed by atoms with Gasteiger partial charge in [0.05, 0.1) is 10.6 Å². The summed E-state index contributed by atoms with van der Waals surface area (Å²) >= 11 is 11.6. The van der Waals surface area contributed by atoms with E-state index >= 15 is 0 Å². The number of halogens is 5. The third kappa shape index (κ3) is 4.40. The first-order valence-corrected chi connectivity index (χ1v) is 8.59. The lowest BCUT2D eigenvalue weighted by Gasteiger charge is -2.14. The van der Waals surface area contributed by atoms with Crippen molar-refractivity contribution in [1.82, 2.24) is 9.97 Å². The summed E-state index contributed by atoms with van der Waals surface area (Å²) in [6.07, 6.45) is -3.41. The van der Waals surface area contributed by atoms with Gasteiger partial charge in [0.15, 0.2) is 5.82 Å². The maximum Gasteiger partial charge on any atom is 0.417 e. The van der Waals surface area contributed by atoms with Crippen LogP contribution >= 0.6 is 23.2 Å². The number of aromatic nitrogens is 2. The zero-order valence-corrected chi connectivity index (χ0v) is 15.8. The van der Waals surface area contributed by atoms with E-state index in [1.807, 2.05) is 6.92 Å². The topological polar surface area (TPSA) is 73.1 Å². The molecule has 0 aliphatic heterocycles. The Kier molecular flexibility index (Phi) is 5.53. The van der Waals surface area contributed by atoms with E-state index in [0.29, 0.717) is 10.8 Å². The molecule has 3 aromatic rings. The van der Waals surface area contributed by atoms with E-state index < -0.39 is 16.8 Å². The van der Waals surface area contributed by atoms with Crippen LogP contribution in [0.4, 0.5) is 30.4 Å². The van der Waals surface area contributed by atoms with Crippen LogP contribution in [0.3, 0.4) is 0 Å². The lowest BCUT2D eigenvalue weighted by atomic mass is 10.2. The summed E-state index contributed by atoms with van der Waals surface area (Å²) < 4.78 is 44.7. The van der Waals surface area contributed by atoms with Crippen molar-refractivity contribution in [3.8, 4) is 11.6 Å². The number of rotatable bonds is 4. The summed E-state index contributed by atoms with van der Waals surface area (Å²) in [4.78, 5) is 7.93. The number of hydrogen-bond donors (Lipinski definition) is 2. The number of ether oxygens (including phenoxy) is 1. The zero-order valence-electron chi connectivity index (χ0n) is 14.3. The third-order valence-corrected chi connectivity index (χ3v) is 4.48. The maximum absolute atomic E-state index is 13.0. The highest BCUT2D eigenvalue weighted by molar-refractivity contribution is 6.31. The van der Waals surface area contributed by atoms with Gasteiger partial charge in [-0.2, -0.15) is 18.2 Å². The number of aryl methyl sites for hydroxylation is 1. The number of nitrogens with zero attached hydrogens (tertiary/aromatic N) is 2. The molecule has 0 aliphatic rings. The molecule has 3 N–H and O–H groups in total. The molecule has 10 heteroatoms. The van der Waals surface area contributed by atoms with Gasteiger partial charge in [-0.05, 0) is 48.9 Å². The molecule has 0 aliphatic carbocycles. The lowest BCUT2D eigenvalue weighted by Crippen LogP contribution is -2.07. The van der Waals surface area contributed by atoms with Crippen LogP contribution in [0.2, 0.25) is 10.0 Å². The molecule has 146 valence electrons. The van der Waals surface area contributed by atoms with Gasteiger partial charge in [0.2, 0.25) is 5.88 Å². The molecule has 0 saturated carbocycles. The number of hydrogen-bond acceptors (Lipinski definition) is 5. The van der Waals surface area contributed by atoms with Gasteiger partial charge in [0.25, 0.3) is 0 Å². The van der Waals surface area contributed by atoms with Crippen molar-refractivity contribution >= 4 is 40.4 Å². The van der Waals surface area contributed by atoms with Crippen molar-refractivity contribution in [3.05, 3.63) is 63.9 Å². The van der Waals surface area contributed by atoms with E-state index in [1.165, 1.54) is 12.4 Å². The molecule has 0 atom stereocenters. The molecule has 1 heterocycles. The molecule has 0 bridgehead atoms. The molecular formula is C18H13Cl2F3N4O. The quantitative estimate of drug-likeness (QED) is 0.515. The molecule has 2 aromatic carbocycles. The number of benzene rings is 2. The van der Waals surface area contributed by atoms with E-state index in [1.54, 1.807) is 18.2 Å². The molecule has 0 amide bonds. The smallest absolute Gasteiger partial charge is 0.417 e. The first-order chi connectivity index (χ1) is 13.1. The number of alkyl halides is 3. The van der Waals surface area contributed by atoms with Crippen molar-refractivity contribution in [3.63, 3.8) is 0 Å². The van der Waals surface area contributed by atoms with Crippen molar-refractivity contribution in [2.45, 2.75) is 13.1 Å². The first-order valence-electron chi connectivity index (χ1n) is 7.83. The van der Waals surface area contributed by atoms with Crippen LogP contribution in [0.15, 0.2) is 42.7 Å². The van der Waals surface area contributed by atoms with Gasteiger partial charge in [0.1, 0.15) is 17.8 Å². The molecule has 0 unspecified atom stereocenters. The van der Waals surface area contributed by atoms with E-state index in [9.17, 15) is 13.2 Å². The van der Waals surface area contributed by atoms with Crippen LogP contribution in [-0.2, 0) is 6.18 Å². The summed E-state index contributed by atoms with van der Waals surface area (Å²) in [5, 5.41) is 2.89. The Balaban J connectivity index is 1.88. The van der Waals surface area contributed by atoms with Crippen LogP contribution in [0.25, 0.3) is 0 Å². The van der Waals surface area contributed by atoms with Crippen molar-refractivity contribution in [1.29, 1.82) is 0 Å². The standard InChI is InChI=1S/C18H13Cl2F3N4O/c1-9-6-11(3-5-13(9)19)28-17-15(24)16(25-8-26-17)27-10-2-4-14(20)12(7-10)18(21,22)23/h2-8H,24H2,1H3,(H,25,26,27). The van der Waals surface area contributed by atoms with Gasteiger partial charge in [-0.25, -0.2) is 4.98 Å². The fourth-order valence-corrected chi connectivity index (χ4v) is 2.65. The lowest BCUT2D eigenvalue weighted by molar-refractivity contribution is -0.137. The molecule has 28 heavy (non-hydrogen) atoms. The van der Waals surface area contributed by atoms with Gasteiger partial charge in [-0.1, -0.05) is 23.2 Å². The van der Waals surface area contributed by atoms with Gasteiger partial charge in [0, 0.05) is 10.7 Å². The van der Waals surface area contributed by atoms with Crippen molar-refractivity contribution < 1.29 is 17.9 Å². The second-order valence-corrected chi connectivity index (χ2v) is 6.59. The van der Waals surface area contributed by atoms with Gasteiger partial charge < -0.3 is 15.8 Å². The second kappa shape index (κ2) is 7.73. The SMILES string of the molecule is Cc1cc(Oc2ncnc(Nc3ccc(Cl)c(C(F)(F)F)c3)c2N)ccc1Cl. The monoisotopic (exact) mass is 428 g/mol. The summed E-state index contributed by atoms with van der Waals surface area (Å²) in [7, 11) is 0. The number of nitrogen functional groups attached to an aromatic ring is 1. The normalized spacial score (nSPS) is 11.4. The number of nitrogens with one attached hydrogen (secondary N) is 1. The van der Waals surface area contributed by atoms with Gasteiger partial charge >= 0.3 is 6.18 Å². The molecule has 0 spiro atoms. The largest absolute Gasteiger partial charge is 0.437 e. The summed E-state index contributed by atoms with van der Waals surface area (Å²) in [6, 6.07) is 8.38. The summed E-state index contributed by atoms with van der Waals surface area (Å²) in [5.74, 6) is 0.583.